The molecule has 11 heteroatoms. The number of ether oxygens (including phenoxy) is 1. The SMILES string of the molecule is CC1(I)N[N+]([O-])(c2ccc(Cl)cc2)S(=O)(=O)c2ccc(OC3(C(=O)O)CCC3)cc21. The zero-order valence-corrected chi connectivity index (χ0v) is 19.5. The Balaban J connectivity index is 1.80. The minimum absolute atomic E-state index is 0.0347. The Kier molecular flexibility index (Phi) is 5.11. The zero-order chi connectivity index (χ0) is 21.9. The molecule has 0 radical (unpaired) electrons. The topological polar surface area (TPSA) is 116 Å². The maximum atomic E-state index is 13.6. The molecule has 1 fully saturated rings. The largest absolute Gasteiger partial charge is 0.591 e. The molecule has 1 heterocycles. The summed E-state index contributed by atoms with van der Waals surface area (Å²) in [6.45, 7) is 1.67. The molecule has 1 saturated carbocycles. The summed E-state index contributed by atoms with van der Waals surface area (Å²) in [6, 6.07) is 9.81. The molecule has 2 atom stereocenters. The van der Waals surface area contributed by atoms with Crippen LogP contribution in [-0.4, -0.2) is 25.1 Å². The summed E-state index contributed by atoms with van der Waals surface area (Å²) >= 11 is 7.84. The second kappa shape index (κ2) is 7.04. The molecule has 0 aromatic heterocycles. The smallest absolute Gasteiger partial charge is 0.350 e. The summed E-state index contributed by atoms with van der Waals surface area (Å²) in [5, 5.41) is 23.5. The number of nitrogens with one attached hydrogen (secondary N) is 1. The predicted molar refractivity (Wildman–Crippen MR) is 120 cm³/mol. The number of halogens is 2. The van der Waals surface area contributed by atoms with Gasteiger partial charge in [0, 0.05) is 22.7 Å². The Labute approximate surface area is 192 Å². The van der Waals surface area contributed by atoms with Gasteiger partial charge in [0.25, 0.3) is 0 Å². The molecular weight excluding hydrogens is 547 g/mol. The molecule has 0 spiro atoms. The van der Waals surface area contributed by atoms with Gasteiger partial charge in [-0.2, -0.15) is 8.42 Å². The number of quaternary nitrogens is 1. The second-order valence-electron chi connectivity index (χ2n) is 7.53. The van der Waals surface area contributed by atoms with Crippen LogP contribution in [0.5, 0.6) is 5.75 Å². The van der Waals surface area contributed by atoms with E-state index in [1.54, 1.807) is 6.92 Å². The number of rotatable bonds is 4. The van der Waals surface area contributed by atoms with E-state index in [0.717, 1.165) is 6.42 Å². The van der Waals surface area contributed by atoms with Crippen molar-refractivity contribution >= 4 is 55.9 Å². The van der Waals surface area contributed by atoms with Crippen LogP contribution >= 0.6 is 34.2 Å². The highest BCUT2D eigenvalue weighted by Gasteiger charge is 2.52. The molecule has 2 N–H and O–H groups in total. The van der Waals surface area contributed by atoms with Crippen molar-refractivity contribution < 1.29 is 23.1 Å². The van der Waals surface area contributed by atoms with Gasteiger partial charge in [-0.15, -0.1) is 9.59 Å². The number of hydrogen-bond acceptors (Lipinski definition) is 6. The van der Waals surface area contributed by atoms with Crippen LogP contribution in [0.4, 0.5) is 5.69 Å². The van der Waals surface area contributed by atoms with E-state index in [0.29, 0.717) is 23.4 Å². The summed E-state index contributed by atoms with van der Waals surface area (Å²) < 4.78 is 29.5. The number of aliphatic carboxylic acids is 1. The first-order valence-corrected chi connectivity index (χ1v) is 12.0. The van der Waals surface area contributed by atoms with E-state index in [4.69, 9.17) is 16.3 Å². The average Bonchev–Trinajstić information content (AvgIpc) is 2.63. The highest BCUT2D eigenvalue weighted by atomic mass is 127. The quantitative estimate of drug-likeness (QED) is 0.189. The average molecular weight is 565 g/mol. The fourth-order valence-corrected chi connectivity index (χ4v) is 6.64. The lowest BCUT2D eigenvalue weighted by Crippen LogP contribution is -2.66. The molecule has 0 bridgehead atoms. The van der Waals surface area contributed by atoms with Crippen LogP contribution < -0.4 is 14.3 Å². The van der Waals surface area contributed by atoms with Gasteiger partial charge in [0.15, 0.2) is 5.69 Å². The lowest BCUT2D eigenvalue weighted by atomic mass is 9.80. The predicted octanol–water partition coefficient (Wildman–Crippen LogP) is 4.05. The van der Waals surface area contributed by atoms with Gasteiger partial charge < -0.3 is 15.1 Å². The van der Waals surface area contributed by atoms with Crippen molar-refractivity contribution in [1.82, 2.24) is 9.59 Å². The molecule has 0 amide bonds. The van der Waals surface area contributed by atoms with Crippen molar-refractivity contribution in [3.05, 3.63) is 58.3 Å². The van der Waals surface area contributed by atoms with Crippen molar-refractivity contribution in [3.8, 4) is 5.75 Å². The number of alkyl halides is 1. The van der Waals surface area contributed by atoms with E-state index in [-0.39, 0.29) is 16.3 Å². The Morgan fingerprint density at radius 3 is 2.43 bits per heavy atom. The fraction of sp³-hybridized carbons (Fsp3) is 0.316. The molecule has 4 rings (SSSR count). The molecule has 2 unspecified atom stereocenters. The number of carboxylic acid groups (broad SMARTS) is 1. The van der Waals surface area contributed by atoms with Gasteiger partial charge in [-0.3, -0.25) is 0 Å². The van der Waals surface area contributed by atoms with Gasteiger partial charge in [-0.1, -0.05) is 34.2 Å². The monoisotopic (exact) mass is 564 g/mol. The first-order chi connectivity index (χ1) is 13.9. The number of carboxylic acids is 1. The van der Waals surface area contributed by atoms with Crippen molar-refractivity contribution in [2.75, 3.05) is 0 Å². The minimum Gasteiger partial charge on any atom is -0.591 e. The summed E-state index contributed by atoms with van der Waals surface area (Å²) in [6.07, 6.45) is 1.51. The van der Waals surface area contributed by atoms with E-state index in [1.807, 2.05) is 22.6 Å². The molecule has 30 heavy (non-hydrogen) atoms. The molecule has 2 aromatic rings. The number of nitrogens with zero attached hydrogens (tertiary/aromatic N) is 1. The van der Waals surface area contributed by atoms with Crippen molar-refractivity contribution in [3.63, 3.8) is 0 Å². The maximum absolute atomic E-state index is 13.6. The number of benzene rings is 2. The van der Waals surface area contributed by atoms with E-state index in [1.165, 1.54) is 42.5 Å². The fourth-order valence-electron chi connectivity index (χ4n) is 3.62. The molecule has 0 saturated heterocycles. The molecule has 8 nitrogen and oxygen atoms in total. The lowest BCUT2D eigenvalue weighted by Gasteiger charge is -2.47. The van der Waals surface area contributed by atoms with Gasteiger partial charge in [-0.05, 0) is 56.5 Å². The van der Waals surface area contributed by atoms with Crippen molar-refractivity contribution in [2.24, 2.45) is 0 Å². The Hall–Kier alpha value is -1.44. The number of fused-ring (bicyclic) bond motifs is 1. The van der Waals surface area contributed by atoms with Gasteiger partial charge >= 0.3 is 16.0 Å². The van der Waals surface area contributed by atoms with Crippen LogP contribution in [0.2, 0.25) is 5.02 Å². The summed E-state index contributed by atoms with van der Waals surface area (Å²) in [5.74, 6) is -0.805. The van der Waals surface area contributed by atoms with Crippen molar-refractivity contribution in [2.45, 2.75) is 40.2 Å². The highest BCUT2D eigenvalue weighted by Crippen LogP contribution is 2.46. The highest BCUT2D eigenvalue weighted by molar-refractivity contribution is 14.1. The first kappa shape index (κ1) is 21.8. The molecule has 1 aliphatic heterocycles. The van der Waals surface area contributed by atoms with Crippen LogP contribution in [0.3, 0.4) is 0 Å². The zero-order valence-electron chi connectivity index (χ0n) is 15.8. The number of sulfonamides is 1. The van der Waals surface area contributed by atoms with Crippen LogP contribution in [0.15, 0.2) is 47.4 Å². The number of carbonyl (C=O) groups is 1. The van der Waals surface area contributed by atoms with Gasteiger partial charge in [0.1, 0.15) is 14.2 Å². The summed E-state index contributed by atoms with van der Waals surface area (Å²) in [7, 11) is -4.44. The third kappa shape index (κ3) is 3.21. The van der Waals surface area contributed by atoms with Gasteiger partial charge in [-0.25, -0.2) is 4.79 Å². The van der Waals surface area contributed by atoms with Crippen LogP contribution in [-0.2, 0) is 18.4 Å². The van der Waals surface area contributed by atoms with Crippen LogP contribution in [0.25, 0.3) is 0 Å². The lowest BCUT2D eigenvalue weighted by molar-refractivity contribution is -0.163. The number of hydrogen-bond donors (Lipinski definition) is 2. The second-order valence-corrected chi connectivity index (χ2v) is 12.0. The standard InChI is InChI=1S/C19H18ClIN2O6S/c1-18(21)15-11-14(29-19(17(24)25)9-2-10-19)7-8-16(15)30(27,28)23(26,22-18)13-5-3-12(20)4-6-13/h3-8,11,22H,2,9-10H2,1H3,(H,24,25). The summed E-state index contributed by atoms with van der Waals surface area (Å²) in [5.41, 5.74) is 1.65. The molecule has 1 aliphatic carbocycles. The van der Waals surface area contributed by atoms with Crippen molar-refractivity contribution in [1.29, 1.82) is 0 Å². The van der Waals surface area contributed by atoms with Crippen LogP contribution in [0, 0.1) is 5.21 Å². The maximum Gasteiger partial charge on any atom is 0.350 e. The van der Waals surface area contributed by atoms with E-state index < -0.39 is 29.3 Å². The normalized spacial score (nSPS) is 28.8. The summed E-state index contributed by atoms with van der Waals surface area (Å²) in [4.78, 5) is 11.5. The molecular formula is C19H18ClIN2O6S. The van der Waals surface area contributed by atoms with E-state index >= 15 is 0 Å². The minimum atomic E-state index is -4.44. The molecule has 2 aromatic carbocycles. The third-order valence-corrected chi connectivity index (χ3v) is 8.43. The molecule has 160 valence electrons. The Morgan fingerprint density at radius 2 is 1.90 bits per heavy atom. The first-order valence-electron chi connectivity index (χ1n) is 9.08. The third-order valence-electron chi connectivity index (χ3n) is 5.46. The molecule has 2 aliphatic rings. The van der Waals surface area contributed by atoms with Gasteiger partial charge in [0.2, 0.25) is 5.60 Å². The Morgan fingerprint density at radius 1 is 1.27 bits per heavy atom. The Bertz CT molecular complexity index is 1130. The van der Waals surface area contributed by atoms with Crippen LogP contribution in [0.1, 0.15) is 31.7 Å². The van der Waals surface area contributed by atoms with E-state index in [9.17, 15) is 23.5 Å². The van der Waals surface area contributed by atoms with Gasteiger partial charge in [0.05, 0.1) is 0 Å². The van der Waals surface area contributed by atoms with E-state index in [2.05, 4.69) is 5.43 Å².